The molecule has 4 rings (SSSR count). The van der Waals surface area contributed by atoms with Crippen LogP contribution in [0.5, 0.6) is 5.88 Å². The number of anilines is 2. The first-order valence-corrected chi connectivity index (χ1v) is 8.24. The van der Waals surface area contributed by atoms with Crippen molar-refractivity contribution in [3.8, 4) is 5.88 Å². The number of carbonyl (C=O) groups is 1. The van der Waals surface area contributed by atoms with Crippen molar-refractivity contribution < 1.29 is 18.3 Å². The van der Waals surface area contributed by atoms with Crippen LogP contribution in [0.15, 0.2) is 59.3 Å². The van der Waals surface area contributed by atoms with Gasteiger partial charge in [0, 0.05) is 11.9 Å². The van der Waals surface area contributed by atoms with Crippen LogP contribution in [0.2, 0.25) is 0 Å². The Bertz CT molecular complexity index is 1140. The Balaban J connectivity index is 1.56. The van der Waals surface area contributed by atoms with Crippen LogP contribution in [0, 0.1) is 5.82 Å². The molecule has 1 amide bonds. The molecule has 0 fully saturated rings. The summed E-state index contributed by atoms with van der Waals surface area (Å²) >= 11 is 0. The van der Waals surface area contributed by atoms with Gasteiger partial charge >= 0.3 is 0 Å². The Morgan fingerprint density at radius 3 is 2.79 bits per heavy atom. The lowest BCUT2D eigenvalue weighted by molar-refractivity contribution is 0.0995. The molecule has 0 bridgehead atoms. The summed E-state index contributed by atoms with van der Waals surface area (Å²) in [5.74, 6) is -0.305. The van der Waals surface area contributed by atoms with Gasteiger partial charge in [-0.05, 0) is 48.0 Å². The summed E-state index contributed by atoms with van der Waals surface area (Å²) in [7, 11) is 0. The third-order valence-corrected chi connectivity index (χ3v) is 3.91. The van der Waals surface area contributed by atoms with E-state index in [-0.39, 0.29) is 24.0 Å². The maximum Gasteiger partial charge on any atom is 0.278 e. The second kappa shape index (κ2) is 7.31. The molecule has 0 unspecified atom stereocenters. The van der Waals surface area contributed by atoms with E-state index in [1.54, 1.807) is 30.3 Å². The number of furan rings is 1. The van der Waals surface area contributed by atoms with Crippen molar-refractivity contribution in [3.05, 3.63) is 72.0 Å². The molecular formula is C19H14FN5O3. The molecule has 0 aliphatic heterocycles. The lowest BCUT2D eigenvalue weighted by atomic mass is 10.2. The standard InChI is InChI=1S/C19H14FN5O3/c20-12-1-3-13(4-2-12)23-18-14-6-8-27-16(14)19(25-24-18)28-10-11-5-7-22-15(9-11)17(21)26/h1-9H,10H2,(H2,21,26)(H,23,24). The van der Waals surface area contributed by atoms with Crippen LogP contribution in [-0.4, -0.2) is 21.1 Å². The normalized spacial score (nSPS) is 10.8. The first-order chi connectivity index (χ1) is 13.6. The van der Waals surface area contributed by atoms with Gasteiger partial charge in [0.05, 0.1) is 11.6 Å². The predicted octanol–water partition coefficient (Wildman–Crippen LogP) is 3.18. The number of hydrogen-bond donors (Lipinski definition) is 2. The quantitative estimate of drug-likeness (QED) is 0.528. The SMILES string of the molecule is NC(=O)c1cc(COc2nnc(Nc3ccc(F)cc3)c3ccoc23)ccn1. The average molecular weight is 379 g/mol. The third-order valence-electron chi connectivity index (χ3n) is 3.91. The average Bonchev–Trinajstić information content (AvgIpc) is 3.20. The van der Waals surface area contributed by atoms with Crippen molar-refractivity contribution >= 4 is 28.4 Å². The van der Waals surface area contributed by atoms with E-state index < -0.39 is 5.91 Å². The fourth-order valence-electron chi connectivity index (χ4n) is 2.56. The number of amides is 1. The Morgan fingerprint density at radius 2 is 2.00 bits per heavy atom. The minimum absolute atomic E-state index is 0.123. The topological polar surface area (TPSA) is 116 Å². The van der Waals surface area contributed by atoms with Gasteiger partial charge in [-0.25, -0.2) is 4.39 Å². The zero-order valence-corrected chi connectivity index (χ0v) is 14.4. The summed E-state index contributed by atoms with van der Waals surface area (Å²) in [6, 6.07) is 10.8. The van der Waals surface area contributed by atoms with Gasteiger partial charge in [0.2, 0.25) is 5.58 Å². The number of nitrogens with zero attached hydrogens (tertiary/aromatic N) is 3. The van der Waals surface area contributed by atoms with E-state index in [2.05, 4.69) is 20.5 Å². The number of aromatic nitrogens is 3. The number of ether oxygens (including phenoxy) is 1. The predicted molar refractivity (Wildman–Crippen MR) is 98.6 cm³/mol. The van der Waals surface area contributed by atoms with E-state index >= 15 is 0 Å². The smallest absolute Gasteiger partial charge is 0.278 e. The summed E-state index contributed by atoms with van der Waals surface area (Å²) in [4.78, 5) is 15.1. The first kappa shape index (κ1) is 17.4. The van der Waals surface area contributed by atoms with E-state index in [1.807, 2.05) is 0 Å². The number of benzene rings is 1. The number of nitrogens with one attached hydrogen (secondary N) is 1. The molecular weight excluding hydrogens is 365 g/mol. The summed E-state index contributed by atoms with van der Waals surface area (Å²) in [6.45, 7) is 0.123. The minimum Gasteiger partial charge on any atom is -0.469 e. The molecule has 0 aliphatic rings. The van der Waals surface area contributed by atoms with Crippen LogP contribution in [0.1, 0.15) is 16.1 Å². The number of hydrogen-bond acceptors (Lipinski definition) is 7. The molecule has 0 radical (unpaired) electrons. The van der Waals surface area contributed by atoms with Crippen molar-refractivity contribution in [3.63, 3.8) is 0 Å². The van der Waals surface area contributed by atoms with Crippen LogP contribution >= 0.6 is 0 Å². The number of fused-ring (bicyclic) bond motifs is 1. The monoisotopic (exact) mass is 379 g/mol. The Morgan fingerprint density at radius 1 is 1.18 bits per heavy atom. The number of rotatable bonds is 6. The number of carbonyl (C=O) groups excluding carboxylic acids is 1. The molecule has 3 aromatic heterocycles. The molecule has 3 heterocycles. The molecule has 0 saturated carbocycles. The summed E-state index contributed by atoms with van der Waals surface area (Å²) in [6.07, 6.45) is 2.97. The fraction of sp³-hybridized carbons (Fsp3) is 0.0526. The molecule has 0 atom stereocenters. The molecule has 9 heteroatoms. The number of halogens is 1. The molecule has 0 spiro atoms. The number of nitrogens with two attached hydrogens (primary N) is 1. The zero-order valence-electron chi connectivity index (χ0n) is 14.4. The van der Waals surface area contributed by atoms with Crippen molar-refractivity contribution in [2.24, 2.45) is 5.73 Å². The summed E-state index contributed by atoms with van der Waals surface area (Å²) in [5, 5.41) is 11.9. The largest absolute Gasteiger partial charge is 0.469 e. The van der Waals surface area contributed by atoms with Gasteiger partial charge in [0.15, 0.2) is 5.82 Å². The molecule has 3 N–H and O–H groups in total. The van der Waals surface area contributed by atoms with Crippen molar-refractivity contribution in [2.75, 3.05) is 5.32 Å². The van der Waals surface area contributed by atoms with Crippen LogP contribution in [-0.2, 0) is 6.61 Å². The van der Waals surface area contributed by atoms with Crippen molar-refractivity contribution in [1.82, 2.24) is 15.2 Å². The zero-order chi connectivity index (χ0) is 19.5. The summed E-state index contributed by atoms with van der Waals surface area (Å²) < 4.78 is 24.2. The highest BCUT2D eigenvalue weighted by molar-refractivity contribution is 5.92. The van der Waals surface area contributed by atoms with Crippen LogP contribution in [0.3, 0.4) is 0 Å². The van der Waals surface area contributed by atoms with Gasteiger partial charge in [-0.3, -0.25) is 9.78 Å². The molecule has 4 aromatic rings. The maximum atomic E-state index is 13.1. The molecule has 0 saturated heterocycles. The van der Waals surface area contributed by atoms with Gasteiger partial charge in [0.1, 0.15) is 18.1 Å². The van der Waals surface area contributed by atoms with Crippen LogP contribution < -0.4 is 15.8 Å². The van der Waals surface area contributed by atoms with E-state index in [0.717, 1.165) is 0 Å². The minimum atomic E-state index is -0.619. The Labute approximate surface area is 158 Å². The Kier molecular flexibility index (Phi) is 4.55. The van der Waals surface area contributed by atoms with Crippen LogP contribution in [0.25, 0.3) is 11.0 Å². The third kappa shape index (κ3) is 3.58. The van der Waals surface area contributed by atoms with E-state index in [1.165, 1.54) is 24.6 Å². The molecule has 0 aliphatic carbocycles. The van der Waals surface area contributed by atoms with Gasteiger partial charge in [-0.2, -0.15) is 0 Å². The molecule has 140 valence electrons. The molecule has 1 aromatic carbocycles. The van der Waals surface area contributed by atoms with Gasteiger partial charge in [-0.15, -0.1) is 10.2 Å². The lowest BCUT2D eigenvalue weighted by Crippen LogP contribution is -2.13. The summed E-state index contributed by atoms with van der Waals surface area (Å²) in [5.41, 5.74) is 7.13. The fourth-order valence-corrected chi connectivity index (χ4v) is 2.56. The van der Waals surface area contributed by atoms with E-state index in [4.69, 9.17) is 14.9 Å². The van der Waals surface area contributed by atoms with E-state index in [0.29, 0.717) is 28.0 Å². The second-order valence-corrected chi connectivity index (χ2v) is 5.85. The number of primary amides is 1. The maximum absolute atomic E-state index is 13.1. The second-order valence-electron chi connectivity index (χ2n) is 5.85. The van der Waals surface area contributed by atoms with Gasteiger partial charge < -0.3 is 20.2 Å². The van der Waals surface area contributed by atoms with Gasteiger partial charge in [0.25, 0.3) is 11.8 Å². The Hall–Kier alpha value is -4.01. The molecule has 28 heavy (non-hydrogen) atoms. The van der Waals surface area contributed by atoms with Crippen molar-refractivity contribution in [1.29, 1.82) is 0 Å². The van der Waals surface area contributed by atoms with Gasteiger partial charge in [-0.1, -0.05) is 0 Å². The van der Waals surface area contributed by atoms with Crippen molar-refractivity contribution in [2.45, 2.75) is 6.61 Å². The number of pyridine rings is 1. The highest BCUT2D eigenvalue weighted by atomic mass is 19.1. The first-order valence-electron chi connectivity index (χ1n) is 8.24. The van der Waals surface area contributed by atoms with Crippen LogP contribution in [0.4, 0.5) is 15.9 Å². The highest BCUT2D eigenvalue weighted by Crippen LogP contribution is 2.30. The highest BCUT2D eigenvalue weighted by Gasteiger charge is 2.14. The van der Waals surface area contributed by atoms with E-state index in [9.17, 15) is 9.18 Å². The molecule has 8 nitrogen and oxygen atoms in total. The lowest BCUT2D eigenvalue weighted by Gasteiger charge is -2.09.